The maximum absolute atomic E-state index is 14.5. The van der Waals surface area contributed by atoms with Gasteiger partial charge in [0.1, 0.15) is 5.67 Å². The van der Waals surface area contributed by atoms with Gasteiger partial charge in [-0.1, -0.05) is 24.3 Å². The van der Waals surface area contributed by atoms with Gasteiger partial charge in [0.2, 0.25) is 0 Å². The Labute approximate surface area is 95.6 Å². The van der Waals surface area contributed by atoms with Crippen LogP contribution in [-0.4, -0.2) is 13.2 Å². The molecule has 0 saturated carbocycles. The second-order valence-corrected chi connectivity index (χ2v) is 4.49. The highest BCUT2D eigenvalue weighted by molar-refractivity contribution is 5.29. The summed E-state index contributed by atoms with van der Waals surface area (Å²) in [5.74, 6) is 0. The Morgan fingerprint density at radius 2 is 1.81 bits per heavy atom. The molecule has 1 atom stereocenters. The molecule has 2 nitrogen and oxygen atoms in total. The summed E-state index contributed by atoms with van der Waals surface area (Å²) in [6.07, 6.45) is 0.898. The van der Waals surface area contributed by atoms with E-state index in [1.54, 1.807) is 0 Å². The number of halogens is 1. The van der Waals surface area contributed by atoms with E-state index in [9.17, 15) is 4.39 Å². The molecule has 1 aliphatic rings. The molecular weight excluding hydrogens is 205 g/mol. The number of nitrogens with two attached hydrogens (primary N) is 1. The van der Waals surface area contributed by atoms with E-state index in [0.29, 0.717) is 26.1 Å². The molecule has 1 aromatic rings. The van der Waals surface area contributed by atoms with E-state index < -0.39 is 5.67 Å². The van der Waals surface area contributed by atoms with Crippen LogP contribution in [0.25, 0.3) is 0 Å². The minimum Gasteiger partial charge on any atom is -0.381 e. The minimum atomic E-state index is -1.21. The third kappa shape index (κ3) is 2.25. The van der Waals surface area contributed by atoms with Crippen LogP contribution in [0.15, 0.2) is 24.3 Å². The second-order valence-electron chi connectivity index (χ2n) is 4.49. The van der Waals surface area contributed by atoms with E-state index in [4.69, 9.17) is 10.5 Å². The first kappa shape index (κ1) is 11.6. The molecule has 2 N–H and O–H groups in total. The van der Waals surface area contributed by atoms with Gasteiger partial charge < -0.3 is 10.5 Å². The van der Waals surface area contributed by atoms with Crippen molar-refractivity contribution in [1.29, 1.82) is 0 Å². The molecule has 1 saturated heterocycles. The predicted molar refractivity (Wildman–Crippen MR) is 61.9 cm³/mol. The molecule has 88 valence electrons. The molecule has 3 heteroatoms. The molecule has 1 aliphatic heterocycles. The monoisotopic (exact) mass is 223 g/mol. The lowest BCUT2D eigenvalue weighted by Gasteiger charge is -2.30. The van der Waals surface area contributed by atoms with Crippen LogP contribution in [0.3, 0.4) is 0 Å². The summed E-state index contributed by atoms with van der Waals surface area (Å²) in [6, 6.07) is 7.53. The maximum Gasteiger partial charge on any atom is 0.140 e. The van der Waals surface area contributed by atoms with Crippen LogP contribution in [0.1, 0.15) is 36.9 Å². The summed E-state index contributed by atoms with van der Waals surface area (Å²) in [5.41, 5.74) is 6.34. The third-order valence-corrected chi connectivity index (χ3v) is 3.24. The molecule has 0 spiro atoms. The van der Waals surface area contributed by atoms with E-state index in [2.05, 4.69) is 0 Å². The Bertz CT molecular complexity index is 341. The van der Waals surface area contributed by atoms with Crippen LogP contribution >= 0.6 is 0 Å². The summed E-state index contributed by atoms with van der Waals surface area (Å²) in [5, 5.41) is 0. The number of ether oxygens (including phenoxy) is 1. The topological polar surface area (TPSA) is 35.2 Å². The highest BCUT2D eigenvalue weighted by atomic mass is 19.1. The summed E-state index contributed by atoms with van der Waals surface area (Å²) in [4.78, 5) is 0. The van der Waals surface area contributed by atoms with Gasteiger partial charge in [-0.2, -0.15) is 0 Å². The highest BCUT2D eigenvalue weighted by Crippen LogP contribution is 2.36. The van der Waals surface area contributed by atoms with E-state index >= 15 is 0 Å². The van der Waals surface area contributed by atoms with Crippen molar-refractivity contribution in [3.05, 3.63) is 35.4 Å². The van der Waals surface area contributed by atoms with Gasteiger partial charge in [0, 0.05) is 32.1 Å². The molecule has 0 aromatic heterocycles. The molecule has 1 heterocycles. The lowest BCUT2D eigenvalue weighted by molar-refractivity contribution is -0.0115. The van der Waals surface area contributed by atoms with Crippen LogP contribution < -0.4 is 5.73 Å². The largest absolute Gasteiger partial charge is 0.381 e. The molecule has 0 amide bonds. The molecule has 0 aliphatic carbocycles. The lowest BCUT2D eigenvalue weighted by Crippen LogP contribution is -2.29. The Kier molecular flexibility index (Phi) is 3.26. The summed E-state index contributed by atoms with van der Waals surface area (Å²) in [7, 11) is 0. The van der Waals surface area contributed by atoms with Crippen LogP contribution in [-0.2, 0) is 10.4 Å². The quantitative estimate of drug-likeness (QED) is 0.836. The van der Waals surface area contributed by atoms with Gasteiger partial charge in [-0.05, 0) is 18.1 Å². The molecule has 0 radical (unpaired) electrons. The Hall–Kier alpha value is -0.930. The van der Waals surface area contributed by atoms with Gasteiger partial charge in [0.05, 0.1) is 0 Å². The van der Waals surface area contributed by atoms with Crippen molar-refractivity contribution >= 4 is 0 Å². The van der Waals surface area contributed by atoms with Crippen molar-refractivity contribution in [2.24, 2.45) is 5.73 Å². The van der Waals surface area contributed by atoms with Crippen molar-refractivity contribution < 1.29 is 9.13 Å². The zero-order chi connectivity index (χ0) is 11.6. The highest BCUT2D eigenvalue weighted by Gasteiger charge is 2.34. The van der Waals surface area contributed by atoms with Crippen LogP contribution in [0.2, 0.25) is 0 Å². The van der Waals surface area contributed by atoms with E-state index in [-0.39, 0.29) is 6.04 Å². The van der Waals surface area contributed by atoms with Crippen molar-refractivity contribution in [2.75, 3.05) is 13.2 Å². The number of hydrogen-bond acceptors (Lipinski definition) is 2. The molecule has 2 rings (SSSR count). The fraction of sp³-hybridized carbons (Fsp3) is 0.538. The maximum atomic E-state index is 14.5. The van der Waals surface area contributed by atoms with Gasteiger partial charge in [0.15, 0.2) is 0 Å². The molecular formula is C13H18FNO. The van der Waals surface area contributed by atoms with Gasteiger partial charge in [0.25, 0.3) is 0 Å². The fourth-order valence-corrected chi connectivity index (χ4v) is 2.07. The van der Waals surface area contributed by atoms with Gasteiger partial charge in [-0.3, -0.25) is 0 Å². The van der Waals surface area contributed by atoms with Crippen LogP contribution in [0.4, 0.5) is 4.39 Å². The fourth-order valence-electron chi connectivity index (χ4n) is 2.07. The van der Waals surface area contributed by atoms with Gasteiger partial charge in [-0.25, -0.2) is 4.39 Å². The third-order valence-electron chi connectivity index (χ3n) is 3.24. The zero-order valence-corrected chi connectivity index (χ0v) is 9.58. The first-order valence-electron chi connectivity index (χ1n) is 5.74. The molecule has 1 fully saturated rings. The smallest absolute Gasteiger partial charge is 0.140 e. The number of benzene rings is 1. The van der Waals surface area contributed by atoms with Crippen molar-refractivity contribution in [3.63, 3.8) is 0 Å². The van der Waals surface area contributed by atoms with Crippen LogP contribution in [0.5, 0.6) is 0 Å². The van der Waals surface area contributed by atoms with Crippen molar-refractivity contribution in [2.45, 2.75) is 31.5 Å². The second kappa shape index (κ2) is 4.52. The average molecular weight is 223 g/mol. The Morgan fingerprint density at radius 3 is 2.31 bits per heavy atom. The number of rotatable bonds is 2. The van der Waals surface area contributed by atoms with Gasteiger partial charge in [-0.15, -0.1) is 0 Å². The summed E-state index contributed by atoms with van der Waals surface area (Å²) >= 11 is 0. The normalized spacial score (nSPS) is 21.7. The molecule has 16 heavy (non-hydrogen) atoms. The van der Waals surface area contributed by atoms with Crippen molar-refractivity contribution in [1.82, 2.24) is 0 Å². The average Bonchev–Trinajstić information content (AvgIpc) is 2.30. The van der Waals surface area contributed by atoms with Crippen molar-refractivity contribution in [3.8, 4) is 0 Å². The van der Waals surface area contributed by atoms with E-state index in [1.807, 2.05) is 31.2 Å². The standard InChI is InChI=1S/C13H18FNO/c1-10(15)11-2-4-12(5-3-11)13(14)6-8-16-9-7-13/h2-5,10H,6-9,15H2,1H3. The summed E-state index contributed by atoms with van der Waals surface area (Å²) in [6.45, 7) is 2.94. The lowest BCUT2D eigenvalue weighted by atomic mass is 9.87. The van der Waals surface area contributed by atoms with E-state index in [0.717, 1.165) is 11.1 Å². The molecule has 1 unspecified atom stereocenters. The number of alkyl halides is 1. The molecule has 1 aromatic carbocycles. The minimum absolute atomic E-state index is 0.000648. The SMILES string of the molecule is CC(N)c1ccc(C2(F)CCOCC2)cc1. The Balaban J connectivity index is 2.20. The predicted octanol–water partition coefficient (Wildman–Crippen LogP) is 2.68. The zero-order valence-electron chi connectivity index (χ0n) is 9.58. The van der Waals surface area contributed by atoms with Gasteiger partial charge >= 0.3 is 0 Å². The first-order valence-corrected chi connectivity index (χ1v) is 5.74. The summed E-state index contributed by atoms with van der Waals surface area (Å²) < 4.78 is 19.7. The van der Waals surface area contributed by atoms with E-state index in [1.165, 1.54) is 0 Å². The van der Waals surface area contributed by atoms with Crippen LogP contribution in [0, 0.1) is 0 Å². The number of hydrogen-bond donors (Lipinski definition) is 1. The molecule has 0 bridgehead atoms. The Morgan fingerprint density at radius 1 is 1.25 bits per heavy atom. The first-order chi connectivity index (χ1) is 7.62.